The molecule has 0 unspecified atom stereocenters. The summed E-state index contributed by atoms with van der Waals surface area (Å²) in [6, 6.07) is 15.2. The number of terminal acetylenes is 1. The number of benzene rings is 2. The molecule has 2 N–H and O–H groups in total. The van der Waals surface area contributed by atoms with Crippen molar-refractivity contribution in [1.82, 2.24) is 10.0 Å². The van der Waals surface area contributed by atoms with Crippen molar-refractivity contribution in [2.45, 2.75) is 62.4 Å². The van der Waals surface area contributed by atoms with Crippen LogP contribution in [0.1, 0.15) is 50.5 Å². The van der Waals surface area contributed by atoms with Gasteiger partial charge in [-0.05, 0) is 61.2 Å². The van der Waals surface area contributed by atoms with Gasteiger partial charge in [-0.3, -0.25) is 4.79 Å². The van der Waals surface area contributed by atoms with Crippen LogP contribution in [0.25, 0.3) is 0 Å². The molecule has 1 saturated heterocycles. The number of nitrogens with zero attached hydrogens (tertiary/aromatic N) is 1. The van der Waals surface area contributed by atoms with Gasteiger partial charge in [0.05, 0.1) is 4.90 Å². The molecule has 2 aromatic rings. The van der Waals surface area contributed by atoms with E-state index in [0.717, 1.165) is 43.4 Å². The van der Waals surface area contributed by atoms with E-state index in [1.807, 2.05) is 0 Å². The fourth-order valence-corrected chi connectivity index (χ4v) is 5.29. The summed E-state index contributed by atoms with van der Waals surface area (Å²) >= 11 is 0. The molecule has 176 valence electrons. The van der Waals surface area contributed by atoms with Crippen molar-refractivity contribution in [2.75, 3.05) is 11.4 Å². The summed E-state index contributed by atoms with van der Waals surface area (Å²) in [4.78, 5) is 13.7. The fourth-order valence-electron chi connectivity index (χ4n) is 3.99. The molecule has 8 heteroatoms. The van der Waals surface area contributed by atoms with Crippen LogP contribution in [-0.2, 0) is 21.4 Å². The lowest BCUT2D eigenvalue weighted by molar-refractivity contribution is -0.117. The van der Waals surface area contributed by atoms with E-state index in [0.29, 0.717) is 19.5 Å². The molecule has 33 heavy (non-hydrogen) atoms. The summed E-state index contributed by atoms with van der Waals surface area (Å²) in [7, 11) is -3.47. The molecule has 1 heterocycles. The summed E-state index contributed by atoms with van der Waals surface area (Å²) < 4.78 is 40.0. The Labute approximate surface area is 195 Å². The number of hydrogen-bond donors (Lipinski definition) is 2. The maximum absolute atomic E-state index is 12.4. The number of hydrogen-bond acceptors (Lipinski definition) is 4. The largest absolute Gasteiger partial charge is 0.342 e. The first-order chi connectivity index (χ1) is 15.9. The highest BCUT2D eigenvalue weighted by Gasteiger charge is 2.24. The lowest BCUT2D eigenvalue weighted by atomic mass is 9.96. The molecule has 0 atom stereocenters. The fraction of sp³-hybridized carbons (Fsp3) is 0.400. The zero-order valence-electron chi connectivity index (χ0n) is 18.6. The van der Waals surface area contributed by atoms with Crippen LogP contribution in [0.4, 0.5) is 10.1 Å². The van der Waals surface area contributed by atoms with Gasteiger partial charge in [-0.2, -0.15) is 0 Å². The Bertz CT molecular complexity index is 1060. The average Bonchev–Trinajstić information content (AvgIpc) is 3.25. The van der Waals surface area contributed by atoms with Gasteiger partial charge in [0.2, 0.25) is 15.9 Å². The van der Waals surface area contributed by atoms with E-state index < -0.39 is 10.0 Å². The van der Waals surface area contributed by atoms with E-state index in [2.05, 4.69) is 16.1 Å². The van der Waals surface area contributed by atoms with E-state index in [9.17, 15) is 17.6 Å². The van der Waals surface area contributed by atoms with E-state index >= 15 is 0 Å². The van der Waals surface area contributed by atoms with E-state index in [1.54, 1.807) is 41.3 Å². The van der Waals surface area contributed by atoms with Crippen molar-refractivity contribution >= 4 is 21.6 Å². The summed E-state index contributed by atoms with van der Waals surface area (Å²) in [5.41, 5.74) is 1.75. The summed E-state index contributed by atoms with van der Waals surface area (Å²) in [5, 5.41) is 2.69. The standard InChI is InChI=1S/C16H22N2O3S.C9H8FN/c19-16-7-4-12-18(16)14-8-10-15(11-9-14)22(20,21)17-13-5-2-1-3-6-13;1-2-11-7-8-3-5-9(10)6-4-8/h8-11,13,17H,1-7,12H2;1,3-6,11H,7H2. The highest BCUT2D eigenvalue weighted by Crippen LogP contribution is 2.24. The number of amides is 1. The topological polar surface area (TPSA) is 78.5 Å². The van der Waals surface area contributed by atoms with Crippen LogP contribution in [-0.4, -0.2) is 26.9 Å². The second-order valence-electron chi connectivity index (χ2n) is 8.22. The monoisotopic (exact) mass is 471 g/mol. The third kappa shape index (κ3) is 7.31. The van der Waals surface area contributed by atoms with E-state index in [-0.39, 0.29) is 22.7 Å². The minimum Gasteiger partial charge on any atom is -0.342 e. The molecule has 6 nitrogen and oxygen atoms in total. The molecule has 1 amide bonds. The minimum atomic E-state index is -3.47. The first-order valence-corrected chi connectivity index (χ1v) is 12.7. The highest BCUT2D eigenvalue weighted by atomic mass is 32.2. The van der Waals surface area contributed by atoms with Crippen molar-refractivity contribution in [3.8, 4) is 12.5 Å². The van der Waals surface area contributed by atoms with Gasteiger partial charge < -0.3 is 10.2 Å². The predicted molar refractivity (Wildman–Crippen MR) is 127 cm³/mol. The van der Waals surface area contributed by atoms with Crippen LogP contribution >= 0.6 is 0 Å². The van der Waals surface area contributed by atoms with E-state index in [4.69, 9.17) is 6.42 Å². The first kappa shape index (κ1) is 24.7. The van der Waals surface area contributed by atoms with Crippen molar-refractivity contribution in [2.24, 2.45) is 0 Å². The van der Waals surface area contributed by atoms with Crippen LogP contribution in [0.15, 0.2) is 53.4 Å². The molecule has 0 aromatic heterocycles. The Balaban J connectivity index is 0.000000235. The van der Waals surface area contributed by atoms with Crippen LogP contribution in [0.3, 0.4) is 0 Å². The number of sulfonamides is 1. The molecule has 1 aliphatic carbocycles. The van der Waals surface area contributed by atoms with Crippen LogP contribution in [0.2, 0.25) is 0 Å². The second-order valence-corrected chi connectivity index (χ2v) is 9.94. The normalized spacial score (nSPS) is 16.6. The van der Waals surface area contributed by atoms with Gasteiger partial charge in [-0.25, -0.2) is 17.5 Å². The number of carbonyl (C=O) groups excluding carboxylic acids is 1. The van der Waals surface area contributed by atoms with E-state index in [1.165, 1.54) is 18.6 Å². The molecule has 2 aliphatic rings. The molecule has 2 fully saturated rings. The Hall–Kier alpha value is -2.89. The smallest absolute Gasteiger partial charge is 0.240 e. The van der Waals surface area contributed by atoms with Crippen LogP contribution < -0.4 is 14.9 Å². The maximum Gasteiger partial charge on any atom is 0.240 e. The molecule has 1 saturated carbocycles. The van der Waals surface area contributed by atoms with Gasteiger partial charge in [-0.15, -0.1) is 0 Å². The predicted octanol–water partition coefficient (Wildman–Crippen LogP) is 3.93. The average molecular weight is 472 g/mol. The molecule has 0 spiro atoms. The maximum atomic E-state index is 12.4. The van der Waals surface area contributed by atoms with Gasteiger partial charge >= 0.3 is 0 Å². The molecule has 0 bridgehead atoms. The Morgan fingerprint density at radius 2 is 1.67 bits per heavy atom. The quantitative estimate of drug-likeness (QED) is 0.494. The lowest BCUT2D eigenvalue weighted by Gasteiger charge is -2.22. The Morgan fingerprint density at radius 3 is 2.24 bits per heavy atom. The number of rotatable bonds is 6. The highest BCUT2D eigenvalue weighted by molar-refractivity contribution is 7.89. The molecule has 1 aliphatic heterocycles. The molecule has 2 aromatic carbocycles. The van der Waals surface area contributed by atoms with Crippen molar-refractivity contribution < 1.29 is 17.6 Å². The second kappa shape index (κ2) is 11.8. The third-order valence-electron chi connectivity index (χ3n) is 5.77. The SMILES string of the molecule is C#CNCc1ccc(F)cc1.O=C1CCCN1c1ccc(S(=O)(=O)NC2CCCCC2)cc1. The van der Waals surface area contributed by atoms with Crippen LogP contribution in [0, 0.1) is 18.3 Å². The number of carbonyl (C=O) groups is 1. The molecule has 0 radical (unpaired) electrons. The summed E-state index contributed by atoms with van der Waals surface area (Å²) in [6.07, 6.45) is 11.6. The Kier molecular flexibility index (Phi) is 8.87. The zero-order chi connectivity index (χ0) is 23.7. The van der Waals surface area contributed by atoms with Crippen molar-refractivity contribution in [3.63, 3.8) is 0 Å². The Morgan fingerprint density at radius 1 is 1.00 bits per heavy atom. The lowest BCUT2D eigenvalue weighted by Crippen LogP contribution is -2.36. The third-order valence-corrected chi connectivity index (χ3v) is 7.30. The van der Waals surface area contributed by atoms with Gasteiger partial charge in [0, 0.05) is 37.3 Å². The molecular weight excluding hydrogens is 441 g/mol. The van der Waals surface area contributed by atoms with Gasteiger partial charge in [0.1, 0.15) is 5.82 Å². The first-order valence-electron chi connectivity index (χ1n) is 11.2. The summed E-state index contributed by atoms with van der Waals surface area (Å²) in [6.45, 7) is 1.29. The zero-order valence-corrected chi connectivity index (χ0v) is 19.4. The van der Waals surface area contributed by atoms with Gasteiger partial charge in [0.15, 0.2) is 0 Å². The number of halogens is 1. The molecule has 4 rings (SSSR count). The van der Waals surface area contributed by atoms with Crippen molar-refractivity contribution in [1.29, 1.82) is 0 Å². The van der Waals surface area contributed by atoms with Crippen LogP contribution in [0.5, 0.6) is 0 Å². The van der Waals surface area contributed by atoms with Gasteiger partial charge in [-0.1, -0.05) is 37.8 Å². The molecular formula is C25H30FN3O3S. The van der Waals surface area contributed by atoms with Gasteiger partial charge in [0.25, 0.3) is 0 Å². The minimum absolute atomic E-state index is 0.0542. The summed E-state index contributed by atoms with van der Waals surface area (Å²) in [5.74, 6) is -0.120. The number of anilines is 1. The van der Waals surface area contributed by atoms with Crippen molar-refractivity contribution in [3.05, 3.63) is 59.9 Å². The number of nitrogens with one attached hydrogen (secondary N) is 2.